The number of rotatable bonds is 14. The van der Waals surface area contributed by atoms with Crippen LogP contribution in [0.4, 0.5) is 0 Å². The fourth-order valence-electron chi connectivity index (χ4n) is 3.82. The molecule has 0 bridgehead atoms. The molecule has 2 heteroatoms. The molecule has 0 saturated heterocycles. The Morgan fingerprint density at radius 3 is 2.67 bits per heavy atom. The maximum Gasteiger partial charge on any atom is 0.186 e. The molecule has 0 aliphatic heterocycles. The minimum absolute atomic E-state index is 0.0792. The second-order valence-corrected chi connectivity index (χ2v) is 7.72. The van der Waals surface area contributed by atoms with E-state index in [-0.39, 0.29) is 5.92 Å². The van der Waals surface area contributed by atoms with Crippen molar-refractivity contribution in [2.24, 2.45) is 11.8 Å². The predicted octanol–water partition coefficient (Wildman–Crippen LogP) is 7.56. The van der Waals surface area contributed by atoms with Gasteiger partial charge in [-0.2, -0.15) is 0 Å². The highest BCUT2D eigenvalue weighted by molar-refractivity contribution is 5.78. The Bertz CT molecular complexity index is 793. The van der Waals surface area contributed by atoms with Gasteiger partial charge in [-0.05, 0) is 55.9 Å². The SMILES string of the molecule is C=CCCCC(CCC)CCO/C(=C\C)NC1=C(c2ccccc2)C=C=CC1C=C. The molecule has 2 atom stereocenters. The lowest BCUT2D eigenvalue weighted by molar-refractivity contribution is 0.169. The summed E-state index contributed by atoms with van der Waals surface area (Å²) < 4.78 is 6.17. The number of ether oxygens (including phenoxy) is 1. The first-order chi connectivity index (χ1) is 14.7. The third-order valence-electron chi connectivity index (χ3n) is 5.49. The van der Waals surface area contributed by atoms with Crippen molar-refractivity contribution in [3.05, 3.63) is 96.7 Å². The van der Waals surface area contributed by atoms with E-state index < -0.39 is 0 Å². The van der Waals surface area contributed by atoms with Crippen LogP contribution in [-0.4, -0.2) is 6.61 Å². The quantitative estimate of drug-likeness (QED) is 0.150. The summed E-state index contributed by atoms with van der Waals surface area (Å²) >= 11 is 0. The second kappa shape index (κ2) is 13.5. The zero-order chi connectivity index (χ0) is 21.6. The van der Waals surface area contributed by atoms with Gasteiger partial charge in [-0.25, -0.2) is 0 Å². The van der Waals surface area contributed by atoms with Crippen LogP contribution in [-0.2, 0) is 4.74 Å². The van der Waals surface area contributed by atoms with E-state index in [0.717, 1.165) is 42.2 Å². The van der Waals surface area contributed by atoms with Crippen LogP contribution in [0.25, 0.3) is 5.57 Å². The molecule has 0 heterocycles. The topological polar surface area (TPSA) is 21.3 Å². The van der Waals surface area contributed by atoms with Crippen molar-refractivity contribution >= 4 is 5.57 Å². The zero-order valence-electron chi connectivity index (χ0n) is 18.7. The van der Waals surface area contributed by atoms with Crippen molar-refractivity contribution in [2.75, 3.05) is 6.61 Å². The molecule has 0 spiro atoms. The zero-order valence-corrected chi connectivity index (χ0v) is 18.7. The molecule has 2 unspecified atom stereocenters. The molecule has 0 fully saturated rings. The van der Waals surface area contributed by atoms with Gasteiger partial charge in [0.15, 0.2) is 5.88 Å². The highest BCUT2D eigenvalue weighted by Gasteiger charge is 2.18. The lowest BCUT2D eigenvalue weighted by Gasteiger charge is -2.24. The Labute approximate surface area is 183 Å². The third-order valence-corrected chi connectivity index (χ3v) is 5.49. The summed E-state index contributed by atoms with van der Waals surface area (Å²) in [5.74, 6) is 1.60. The van der Waals surface area contributed by atoms with Crippen LogP contribution >= 0.6 is 0 Å². The van der Waals surface area contributed by atoms with Crippen LogP contribution in [0.15, 0.2) is 91.2 Å². The van der Waals surface area contributed by atoms with Crippen molar-refractivity contribution in [1.29, 1.82) is 0 Å². The Balaban J connectivity index is 2.05. The van der Waals surface area contributed by atoms with Crippen LogP contribution in [0.2, 0.25) is 0 Å². The van der Waals surface area contributed by atoms with Crippen molar-refractivity contribution in [3.63, 3.8) is 0 Å². The average molecular weight is 404 g/mol. The largest absolute Gasteiger partial charge is 0.479 e. The summed E-state index contributed by atoms with van der Waals surface area (Å²) in [5.41, 5.74) is 6.63. The standard InChI is InChI=1S/C28H37NO/c1-5-9-11-16-23(15-6-2)21-22-30-27(8-4)29-28-24(7-3)19-14-20-26(28)25-17-12-10-13-18-25/h5,7-8,10,12-13,17-20,23-24,29H,1,3,6,9,11,15-16,21-22H2,2,4H3/b27-8-. The van der Waals surface area contributed by atoms with Crippen molar-refractivity contribution in [3.8, 4) is 0 Å². The van der Waals surface area contributed by atoms with Crippen molar-refractivity contribution < 1.29 is 4.74 Å². The molecule has 2 nitrogen and oxygen atoms in total. The summed E-state index contributed by atoms with van der Waals surface area (Å²) in [4.78, 5) is 0. The first-order valence-electron chi connectivity index (χ1n) is 11.2. The van der Waals surface area contributed by atoms with Gasteiger partial charge in [0, 0.05) is 17.2 Å². The minimum atomic E-state index is 0.0792. The fourth-order valence-corrected chi connectivity index (χ4v) is 3.82. The highest BCUT2D eigenvalue weighted by Crippen LogP contribution is 2.28. The first kappa shape index (κ1) is 23.6. The molecule has 1 aliphatic carbocycles. The molecule has 0 amide bonds. The van der Waals surface area contributed by atoms with Crippen molar-refractivity contribution in [2.45, 2.75) is 52.4 Å². The number of benzene rings is 1. The van der Waals surface area contributed by atoms with Gasteiger partial charge in [-0.15, -0.1) is 18.9 Å². The van der Waals surface area contributed by atoms with Crippen molar-refractivity contribution in [1.82, 2.24) is 5.32 Å². The van der Waals surface area contributed by atoms with Crippen LogP contribution < -0.4 is 5.32 Å². The number of hydrogen-bond acceptors (Lipinski definition) is 2. The lowest BCUT2D eigenvalue weighted by atomic mass is 9.92. The van der Waals surface area contributed by atoms with E-state index in [9.17, 15) is 0 Å². The molecule has 1 aromatic rings. The smallest absolute Gasteiger partial charge is 0.186 e. The number of hydrogen-bond donors (Lipinski definition) is 1. The van der Waals surface area contributed by atoms with E-state index in [1.54, 1.807) is 0 Å². The van der Waals surface area contributed by atoms with Gasteiger partial charge < -0.3 is 10.1 Å². The van der Waals surface area contributed by atoms with Gasteiger partial charge in [0.05, 0.1) is 6.61 Å². The molecule has 2 rings (SSSR count). The molecule has 1 aliphatic rings. The van der Waals surface area contributed by atoms with Gasteiger partial charge in [-0.1, -0.05) is 68.7 Å². The van der Waals surface area contributed by atoms with Crippen LogP contribution in [0.1, 0.15) is 57.9 Å². The van der Waals surface area contributed by atoms with Crippen LogP contribution in [0, 0.1) is 11.8 Å². The van der Waals surface area contributed by atoms with Gasteiger partial charge in [0.2, 0.25) is 0 Å². The molecule has 160 valence electrons. The molecule has 1 N–H and O–H groups in total. The maximum absolute atomic E-state index is 6.17. The van der Waals surface area contributed by atoms with Gasteiger partial charge in [0.1, 0.15) is 0 Å². The molecule has 0 aromatic heterocycles. The number of allylic oxidation sites excluding steroid dienone is 4. The summed E-state index contributed by atoms with van der Waals surface area (Å²) in [6.45, 7) is 12.8. The fraction of sp³-hybridized carbons (Fsp3) is 0.393. The lowest BCUT2D eigenvalue weighted by Crippen LogP contribution is -2.23. The Morgan fingerprint density at radius 1 is 1.20 bits per heavy atom. The Kier molecular flexibility index (Phi) is 10.6. The molecular weight excluding hydrogens is 366 g/mol. The first-order valence-corrected chi connectivity index (χ1v) is 11.2. The third kappa shape index (κ3) is 7.28. The van der Waals surface area contributed by atoms with E-state index in [0.29, 0.717) is 5.92 Å². The van der Waals surface area contributed by atoms with E-state index in [1.165, 1.54) is 25.7 Å². The number of unbranched alkanes of at least 4 members (excludes halogenated alkanes) is 1. The molecule has 0 radical (unpaired) electrons. The van der Waals surface area contributed by atoms with Crippen LogP contribution in [0.3, 0.4) is 0 Å². The summed E-state index contributed by atoms with van der Waals surface area (Å²) in [6.07, 6.45) is 17.2. The molecule has 0 saturated carbocycles. The Hall–Kier alpha value is -2.70. The Morgan fingerprint density at radius 2 is 2.00 bits per heavy atom. The predicted molar refractivity (Wildman–Crippen MR) is 130 cm³/mol. The van der Waals surface area contributed by atoms with Crippen LogP contribution in [0.5, 0.6) is 0 Å². The average Bonchev–Trinajstić information content (AvgIpc) is 2.79. The van der Waals surface area contributed by atoms with Gasteiger partial charge in [-0.3, -0.25) is 0 Å². The molecule has 1 aromatic carbocycles. The normalized spacial score (nSPS) is 17.0. The highest BCUT2D eigenvalue weighted by atomic mass is 16.5. The molecule has 30 heavy (non-hydrogen) atoms. The summed E-state index contributed by atoms with van der Waals surface area (Å²) in [5, 5.41) is 3.54. The monoisotopic (exact) mass is 403 g/mol. The summed E-state index contributed by atoms with van der Waals surface area (Å²) in [6, 6.07) is 10.4. The van der Waals surface area contributed by atoms with E-state index in [2.05, 4.69) is 55.4 Å². The van der Waals surface area contributed by atoms with Gasteiger partial charge >= 0.3 is 0 Å². The van der Waals surface area contributed by atoms with E-state index in [1.807, 2.05) is 43.4 Å². The van der Waals surface area contributed by atoms with Gasteiger partial charge in [0.25, 0.3) is 0 Å². The van der Waals surface area contributed by atoms with E-state index in [4.69, 9.17) is 4.74 Å². The maximum atomic E-state index is 6.17. The minimum Gasteiger partial charge on any atom is -0.479 e. The molecular formula is C28H37NO. The second-order valence-electron chi connectivity index (χ2n) is 7.72. The van der Waals surface area contributed by atoms with E-state index >= 15 is 0 Å². The number of nitrogens with one attached hydrogen (secondary N) is 1. The summed E-state index contributed by atoms with van der Waals surface area (Å²) in [7, 11) is 0.